The lowest BCUT2D eigenvalue weighted by Gasteiger charge is -2.23. The van der Waals surface area contributed by atoms with E-state index in [4.69, 9.17) is 4.74 Å². The summed E-state index contributed by atoms with van der Waals surface area (Å²) in [4.78, 5) is 9.31. The smallest absolute Gasteiger partial charge is 0.163 e. The molecule has 1 fully saturated rings. The van der Waals surface area contributed by atoms with Crippen LogP contribution in [0.3, 0.4) is 0 Å². The zero-order valence-electron chi connectivity index (χ0n) is 15.3. The van der Waals surface area contributed by atoms with Gasteiger partial charge in [0, 0.05) is 18.2 Å². The standard InChI is InChI=1S/C21H26N4O/c1-2-25-15-24-20-19(16-8-4-3-5-9-16)23-14-18(21(20)25)26-13-11-17-10-6-7-12-22-17/h3-5,8-9,14-15,17,22H,2,6-7,10-13H2,1H3. The van der Waals surface area contributed by atoms with Crippen molar-refractivity contribution >= 4 is 11.0 Å². The average Bonchev–Trinajstić information content (AvgIpc) is 3.14. The first-order chi connectivity index (χ1) is 12.9. The topological polar surface area (TPSA) is 52.0 Å². The number of fused-ring (bicyclic) bond motifs is 1. The van der Waals surface area contributed by atoms with Crippen LogP contribution in [-0.4, -0.2) is 33.7 Å². The van der Waals surface area contributed by atoms with E-state index in [0.29, 0.717) is 12.6 Å². The maximum Gasteiger partial charge on any atom is 0.163 e. The molecule has 0 amide bonds. The quantitative estimate of drug-likeness (QED) is 0.729. The Morgan fingerprint density at radius 1 is 1.19 bits per heavy atom. The van der Waals surface area contributed by atoms with Crippen molar-refractivity contribution < 1.29 is 4.74 Å². The Kier molecular flexibility index (Phi) is 5.16. The van der Waals surface area contributed by atoms with E-state index in [-0.39, 0.29) is 0 Å². The molecule has 1 unspecified atom stereocenters. The number of imidazole rings is 1. The molecule has 1 atom stereocenters. The van der Waals surface area contributed by atoms with E-state index in [0.717, 1.165) is 47.6 Å². The van der Waals surface area contributed by atoms with Gasteiger partial charge in [-0.05, 0) is 32.7 Å². The van der Waals surface area contributed by atoms with E-state index >= 15 is 0 Å². The zero-order valence-corrected chi connectivity index (χ0v) is 15.3. The molecule has 1 aromatic carbocycles. The Morgan fingerprint density at radius 2 is 2.08 bits per heavy atom. The van der Waals surface area contributed by atoms with Crippen LogP contribution in [0, 0.1) is 0 Å². The molecule has 136 valence electrons. The number of benzene rings is 1. The van der Waals surface area contributed by atoms with Crippen LogP contribution in [0.4, 0.5) is 0 Å². The van der Waals surface area contributed by atoms with E-state index in [1.165, 1.54) is 19.3 Å². The van der Waals surface area contributed by atoms with Crippen molar-refractivity contribution in [1.82, 2.24) is 19.9 Å². The highest BCUT2D eigenvalue weighted by Gasteiger charge is 2.17. The van der Waals surface area contributed by atoms with Gasteiger partial charge in [-0.3, -0.25) is 0 Å². The number of hydrogen-bond donors (Lipinski definition) is 1. The fourth-order valence-electron chi connectivity index (χ4n) is 3.69. The molecule has 1 aliphatic heterocycles. The van der Waals surface area contributed by atoms with Gasteiger partial charge in [0.1, 0.15) is 11.0 Å². The van der Waals surface area contributed by atoms with Crippen molar-refractivity contribution in [3.05, 3.63) is 42.9 Å². The minimum atomic E-state index is 0.576. The molecule has 0 radical (unpaired) electrons. The van der Waals surface area contributed by atoms with E-state index < -0.39 is 0 Å². The highest BCUT2D eigenvalue weighted by atomic mass is 16.5. The number of nitrogens with one attached hydrogen (secondary N) is 1. The monoisotopic (exact) mass is 350 g/mol. The molecule has 2 aromatic heterocycles. The number of rotatable bonds is 6. The van der Waals surface area contributed by atoms with Crippen LogP contribution in [0.1, 0.15) is 32.6 Å². The number of piperidine rings is 1. The van der Waals surface area contributed by atoms with Gasteiger partial charge in [-0.25, -0.2) is 9.97 Å². The summed E-state index contributed by atoms with van der Waals surface area (Å²) in [7, 11) is 0. The molecular weight excluding hydrogens is 324 g/mol. The summed E-state index contributed by atoms with van der Waals surface area (Å²) in [6.07, 6.45) is 8.62. The second-order valence-corrected chi connectivity index (χ2v) is 6.85. The Morgan fingerprint density at radius 3 is 2.85 bits per heavy atom. The van der Waals surface area contributed by atoms with Crippen LogP contribution in [0.5, 0.6) is 5.75 Å². The van der Waals surface area contributed by atoms with E-state index in [1.807, 2.05) is 30.7 Å². The normalized spacial score (nSPS) is 17.5. The minimum Gasteiger partial charge on any atom is -0.490 e. The number of hydrogen-bond acceptors (Lipinski definition) is 4. The van der Waals surface area contributed by atoms with Crippen molar-refractivity contribution in [2.45, 2.75) is 45.2 Å². The van der Waals surface area contributed by atoms with Gasteiger partial charge in [-0.15, -0.1) is 0 Å². The van der Waals surface area contributed by atoms with Crippen molar-refractivity contribution in [2.24, 2.45) is 0 Å². The number of nitrogens with zero attached hydrogens (tertiary/aromatic N) is 3. The number of ether oxygens (including phenoxy) is 1. The van der Waals surface area contributed by atoms with Crippen molar-refractivity contribution in [3.63, 3.8) is 0 Å². The molecule has 4 rings (SSSR count). The Hall–Kier alpha value is -2.40. The van der Waals surface area contributed by atoms with Crippen molar-refractivity contribution in [2.75, 3.05) is 13.2 Å². The Balaban J connectivity index is 1.60. The summed E-state index contributed by atoms with van der Waals surface area (Å²) >= 11 is 0. The van der Waals surface area contributed by atoms with E-state index in [1.54, 1.807) is 0 Å². The largest absolute Gasteiger partial charge is 0.490 e. The predicted molar refractivity (Wildman–Crippen MR) is 104 cm³/mol. The first-order valence-corrected chi connectivity index (χ1v) is 9.62. The maximum atomic E-state index is 6.15. The average molecular weight is 350 g/mol. The molecule has 0 spiro atoms. The lowest BCUT2D eigenvalue weighted by atomic mass is 10.0. The first kappa shape index (κ1) is 17.0. The van der Waals surface area contributed by atoms with Crippen LogP contribution in [0.2, 0.25) is 0 Å². The van der Waals surface area contributed by atoms with Crippen LogP contribution in [-0.2, 0) is 6.54 Å². The molecular formula is C21H26N4O. The van der Waals surface area contributed by atoms with Crippen LogP contribution < -0.4 is 10.1 Å². The summed E-state index contributed by atoms with van der Waals surface area (Å²) < 4.78 is 8.29. The Labute approximate surface area is 154 Å². The molecule has 0 saturated carbocycles. The molecule has 0 aliphatic carbocycles. The summed E-state index contributed by atoms with van der Waals surface area (Å²) in [5, 5.41) is 3.58. The summed E-state index contributed by atoms with van der Waals surface area (Å²) in [6.45, 7) is 4.81. The third-order valence-corrected chi connectivity index (χ3v) is 5.13. The predicted octanol–water partition coefficient (Wildman–Crippen LogP) is 4.03. The van der Waals surface area contributed by atoms with Crippen LogP contribution >= 0.6 is 0 Å². The Bertz CT molecular complexity index is 853. The lowest BCUT2D eigenvalue weighted by molar-refractivity contribution is 0.269. The van der Waals surface area contributed by atoms with Gasteiger partial charge < -0.3 is 14.6 Å². The third-order valence-electron chi connectivity index (χ3n) is 5.13. The van der Waals surface area contributed by atoms with Gasteiger partial charge in [-0.1, -0.05) is 36.8 Å². The van der Waals surface area contributed by atoms with E-state index in [2.05, 4.69) is 38.9 Å². The number of aromatic nitrogens is 3. The number of aryl methyl sites for hydroxylation is 1. The molecule has 5 heteroatoms. The van der Waals surface area contributed by atoms with Gasteiger partial charge in [0.15, 0.2) is 5.75 Å². The summed E-state index contributed by atoms with van der Waals surface area (Å²) in [6, 6.07) is 10.8. The van der Waals surface area contributed by atoms with Crippen molar-refractivity contribution in [3.8, 4) is 17.0 Å². The zero-order chi connectivity index (χ0) is 17.8. The molecule has 1 N–H and O–H groups in total. The molecule has 1 saturated heterocycles. The van der Waals surface area contributed by atoms with E-state index in [9.17, 15) is 0 Å². The molecule has 3 heterocycles. The number of pyridine rings is 1. The summed E-state index contributed by atoms with van der Waals surface area (Å²) in [5.74, 6) is 0.829. The minimum absolute atomic E-state index is 0.576. The lowest BCUT2D eigenvalue weighted by Crippen LogP contribution is -2.35. The molecule has 26 heavy (non-hydrogen) atoms. The van der Waals surface area contributed by atoms with Gasteiger partial charge in [0.2, 0.25) is 0 Å². The highest BCUT2D eigenvalue weighted by Crippen LogP contribution is 2.32. The van der Waals surface area contributed by atoms with Gasteiger partial charge in [-0.2, -0.15) is 0 Å². The summed E-state index contributed by atoms with van der Waals surface area (Å²) in [5.41, 5.74) is 3.94. The fraction of sp³-hybridized carbons (Fsp3) is 0.429. The van der Waals surface area contributed by atoms with Gasteiger partial charge in [0.05, 0.1) is 24.8 Å². The van der Waals surface area contributed by atoms with Crippen LogP contribution in [0.25, 0.3) is 22.3 Å². The highest BCUT2D eigenvalue weighted by molar-refractivity contribution is 5.93. The molecule has 1 aliphatic rings. The fourth-order valence-corrected chi connectivity index (χ4v) is 3.69. The van der Waals surface area contributed by atoms with Gasteiger partial charge >= 0.3 is 0 Å². The van der Waals surface area contributed by atoms with Gasteiger partial charge in [0.25, 0.3) is 0 Å². The first-order valence-electron chi connectivity index (χ1n) is 9.62. The third kappa shape index (κ3) is 3.44. The maximum absolute atomic E-state index is 6.15. The second kappa shape index (κ2) is 7.87. The molecule has 5 nitrogen and oxygen atoms in total. The molecule has 3 aromatic rings. The van der Waals surface area contributed by atoms with Crippen LogP contribution in [0.15, 0.2) is 42.9 Å². The second-order valence-electron chi connectivity index (χ2n) is 6.85. The SMILES string of the molecule is CCn1cnc2c(-c3ccccc3)ncc(OCCC3CCCCN3)c21. The van der Waals surface area contributed by atoms with Crippen molar-refractivity contribution in [1.29, 1.82) is 0 Å². The molecule has 0 bridgehead atoms.